The number of hydrogen-bond donors (Lipinski definition) is 1. The molecule has 0 unspecified atom stereocenters. The minimum absolute atomic E-state index is 0.0320. The lowest BCUT2D eigenvalue weighted by atomic mass is 10.1. The van der Waals surface area contributed by atoms with Gasteiger partial charge in [-0.2, -0.15) is 0 Å². The molecule has 1 aromatic carbocycles. The van der Waals surface area contributed by atoms with E-state index in [0.29, 0.717) is 0 Å². The molecule has 0 saturated heterocycles. The van der Waals surface area contributed by atoms with Crippen molar-refractivity contribution in [1.82, 2.24) is 0 Å². The number of allylic oxidation sites excluding steroid dienone is 1. The fourth-order valence-corrected chi connectivity index (χ4v) is 1.10. The first-order chi connectivity index (χ1) is 6.59. The van der Waals surface area contributed by atoms with Crippen molar-refractivity contribution in [1.29, 1.82) is 0 Å². The molecule has 0 bridgehead atoms. The van der Waals surface area contributed by atoms with E-state index in [2.05, 4.69) is 0 Å². The largest absolute Gasteiger partial charge is 0.389 e. The lowest BCUT2D eigenvalue weighted by molar-refractivity contribution is -0.112. The molecule has 0 radical (unpaired) electrons. The first kappa shape index (κ1) is 10.7. The smallest absolute Gasteiger partial charge is 0.152 e. The van der Waals surface area contributed by atoms with Gasteiger partial charge in [0, 0.05) is 0 Å². The molecule has 0 fully saturated rings. The van der Waals surface area contributed by atoms with Crippen molar-refractivity contribution in [2.75, 3.05) is 0 Å². The molecule has 14 heavy (non-hydrogen) atoms. The van der Waals surface area contributed by atoms with E-state index in [1.54, 1.807) is 13.0 Å². The molecule has 0 aliphatic carbocycles. The molecule has 2 nitrogen and oxygen atoms in total. The van der Waals surface area contributed by atoms with Crippen LogP contribution >= 0.6 is 0 Å². The fraction of sp³-hybridized carbons (Fsp3) is 0.250. The van der Waals surface area contributed by atoms with Crippen molar-refractivity contribution in [3.63, 3.8) is 0 Å². The van der Waals surface area contributed by atoms with Crippen molar-refractivity contribution in [3.8, 4) is 0 Å². The molecule has 1 aromatic rings. The summed E-state index contributed by atoms with van der Waals surface area (Å²) >= 11 is 0. The number of hydrogen-bond acceptors (Lipinski definition) is 2. The zero-order valence-electron chi connectivity index (χ0n) is 8.40. The summed E-state index contributed by atoms with van der Waals surface area (Å²) in [4.78, 5) is 10.7. The number of benzene rings is 1. The lowest BCUT2D eigenvalue weighted by Crippen LogP contribution is -1.89. The van der Waals surface area contributed by atoms with E-state index in [9.17, 15) is 9.90 Å². The van der Waals surface area contributed by atoms with Crippen LogP contribution in [0.15, 0.2) is 30.3 Å². The Morgan fingerprint density at radius 3 is 2.36 bits per heavy atom. The van der Waals surface area contributed by atoms with Crippen LogP contribution < -0.4 is 0 Å². The second-order valence-corrected chi connectivity index (χ2v) is 3.29. The zero-order chi connectivity index (χ0) is 10.6. The lowest BCUT2D eigenvalue weighted by Gasteiger charge is -2.03. The van der Waals surface area contributed by atoms with Crippen molar-refractivity contribution >= 4 is 11.9 Å². The minimum atomic E-state index is -0.444. The predicted molar refractivity (Wildman–Crippen MR) is 56.8 cm³/mol. The Morgan fingerprint density at radius 1 is 1.36 bits per heavy atom. The first-order valence-corrected chi connectivity index (χ1v) is 4.56. The van der Waals surface area contributed by atoms with E-state index in [-0.39, 0.29) is 5.78 Å². The second-order valence-electron chi connectivity index (χ2n) is 3.29. The van der Waals surface area contributed by atoms with Gasteiger partial charge in [0.25, 0.3) is 0 Å². The summed E-state index contributed by atoms with van der Waals surface area (Å²) in [6, 6.07) is 7.46. The van der Waals surface area contributed by atoms with Crippen LogP contribution in [0.3, 0.4) is 0 Å². The summed E-state index contributed by atoms with van der Waals surface area (Å²) in [5, 5.41) is 9.26. The van der Waals surface area contributed by atoms with Gasteiger partial charge in [-0.3, -0.25) is 4.79 Å². The second kappa shape index (κ2) is 4.72. The van der Waals surface area contributed by atoms with Crippen LogP contribution in [0, 0.1) is 0 Å². The number of rotatable bonds is 3. The normalized spacial score (nSPS) is 13.1. The van der Waals surface area contributed by atoms with E-state index >= 15 is 0 Å². The highest BCUT2D eigenvalue weighted by Gasteiger charge is 1.98. The molecule has 0 saturated carbocycles. The number of carbonyl (C=O) groups excluding carboxylic acids is 1. The van der Waals surface area contributed by atoms with Crippen LogP contribution in [0.25, 0.3) is 6.08 Å². The van der Waals surface area contributed by atoms with Crippen molar-refractivity contribution in [3.05, 3.63) is 41.5 Å². The van der Waals surface area contributed by atoms with Crippen molar-refractivity contribution in [2.45, 2.75) is 20.0 Å². The van der Waals surface area contributed by atoms with Gasteiger partial charge in [-0.1, -0.05) is 30.3 Å². The van der Waals surface area contributed by atoms with Crippen molar-refractivity contribution in [2.24, 2.45) is 0 Å². The highest BCUT2D eigenvalue weighted by Crippen LogP contribution is 2.13. The van der Waals surface area contributed by atoms with Crippen LogP contribution in [0.4, 0.5) is 0 Å². The van der Waals surface area contributed by atoms with Gasteiger partial charge in [0.1, 0.15) is 0 Å². The molecule has 74 valence electrons. The average Bonchev–Trinajstić information content (AvgIpc) is 2.15. The highest BCUT2D eigenvalue weighted by atomic mass is 16.3. The Hall–Kier alpha value is -1.41. The number of aliphatic hydroxyl groups is 1. The molecule has 0 spiro atoms. The van der Waals surface area contributed by atoms with Crippen LogP contribution in [-0.4, -0.2) is 10.9 Å². The quantitative estimate of drug-likeness (QED) is 0.743. The molecule has 2 heteroatoms. The molecule has 0 heterocycles. The Morgan fingerprint density at radius 2 is 1.93 bits per heavy atom. The summed E-state index contributed by atoms with van der Waals surface area (Å²) in [6.07, 6.45) is 2.84. The van der Waals surface area contributed by atoms with Crippen LogP contribution in [0.2, 0.25) is 0 Å². The number of carbonyl (C=O) groups is 1. The molecular weight excluding hydrogens is 176 g/mol. The minimum Gasteiger partial charge on any atom is -0.389 e. The Bertz CT molecular complexity index is 334. The molecule has 0 amide bonds. The third-order valence-electron chi connectivity index (χ3n) is 1.93. The maximum Gasteiger partial charge on any atom is 0.152 e. The summed E-state index contributed by atoms with van der Waals surface area (Å²) in [5.41, 5.74) is 1.84. The summed E-state index contributed by atoms with van der Waals surface area (Å²) in [5.74, 6) is 0.0320. The third kappa shape index (κ3) is 3.15. The molecule has 1 N–H and O–H groups in total. The predicted octanol–water partition coefficient (Wildman–Crippen LogP) is 2.34. The molecule has 0 aromatic heterocycles. The number of aliphatic hydroxyl groups excluding tert-OH is 1. The van der Waals surface area contributed by atoms with E-state index in [1.165, 1.54) is 13.0 Å². The monoisotopic (exact) mass is 190 g/mol. The Balaban J connectivity index is 2.78. The fourth-order valence-electron chi connectivity index (χ4n) is 1.10. The first-order valence-electron chi connectivity index (χ1n) is 4.56. The SMILES string of the molecule is CC(=O)/C=C/c1ccc([C@@H](C)O)cc1. The van der Waals surface area contributed by atoms with Gasteiger partial charge < -0.3 is 5.11 Å². The van der Waals surface area contributed by atoms with E-state index in [4.69, 9.17) is 0 Å². The molecule has 1 atom stereocenters. The molecule has 0 aliphatic rings. The standard InChI is InChI=1S/C12H14O2/c1-9(13)3-4-11-5-7-12(8-6-11)10(2)14/h3-8,10,14H,1-2H3/b4-3+/t10-/m1/s1. The van der Waals surface area contributed by atoms with Gasteiger partial charge in [0.05, 0.1) is 6.10 Å². The maximum absolute atomic E-state index is 10.7. The van der Waals surface area contributed by atoms with Gasteiger partial charge in [-0.15, -0.1) is 0 Å². The van der Waals surface area contributed by atoms with Gasteiger partial charge in [-0.25, -0.2) is 0 Å². The highest BCUT2D eigenvalue weighted by molar-refractivity contribution is 5.91. The maximum atomic E-state index is 10.7. The Labute approximate surface area is 83.9 Å². The van der Waals surface area contributed by atoms with Crippen LogP contribution in [0.5, 0.6) is 0 Å². The van der Waals surface area contributed by atoms with E-state index in [0.717, 1.165) is 11.1 Å². The van der Waals surface area contributed by atoms with Crippen LogP contribution in [0.1, 0.15) is 31.1 Å². The summed E-state index contributed by atoms with van der Waals surface area (Å²) in [7, 11) is 0. The zero-order valence-corrected chi connectivity index (χ0v) is 8.40. The molecular formula is C12H14O2. The van der Waals surface area contributed by atoms with Gasteiger partial charge >= 0.3 is 0 Å². The molecule has 1 rings (SSSR count). The summed E-state index contributed by atoms with van der Waals surface area (Å²) in [6.45, 7) is 3.24. The van der Waals surface area contributed by atoms with Crippen molar-refractivity contribution < 1.29 is 9.90 Å². The Kier molecular flexibility index (Phi) is 3.60. The molecule has 0 aliphatic heterocycles. The van der Waals surface area contributed by atoms with Gasteiger partial charge in [0.2, 0.25) is 0 Å². The van der Waals surface area contributed by atoms with Gasteiger partial charge in [-0.05, 0) is 31.1 Å². The number of ketones is 1. The third-order valence-corrected chi connectivity index (χ3v) is 1.93. The summed E-state index contributed by atoms with van der Waals surface area (Å²) < 4.78 is 0. The average molecular weight is 190 g/mol. The topological polar surface area (TPSA) is 37.3 Å². The van der Waals surface area contributed by atoms with E-state index in [1.807, 2.05) is 24.3 Å². The van der Waals surface area contributed by atoms with Crippen LogP contribution in [-0.2, 0) is 4.79 Å². The van der Waals surface area contributed by atoms with E-state index < -0.39 is 6.10 Å². The van der Waals surface area contributed by atoms with Gasteiger partial charge in [0.15, 0.2) is 5.78 Å².